The number of aromatic amines is 1. The van der Waals surface area contributed by atoms with Gasteiger partial charge in [-0.25, -0.2) is 4.98 Å². The van der Waals surface area contributed by atoms with E-state index in [2.05, 4.69) is 48.3 Å². The van der Waals surface area contributed by atoms with Crippen LogP contribution in [0.2, 0.25) is 5.02 Å². The molecule has 0 saturated carbocycles. The molecule has 0 bridgehead atoms. The monoisotopic (exact) mass is 404 g/mol. The second-order valence-corrected chi connectivity index (χ2v) is 7.95. The van der Waals surface area contributed by atoms with Gasteiger partial charge in [0.2, 0.25) is 0 Å². The van der Waals surface area contributed by atoms with Crippen molar-refractivity contribution >= 4 is 11.6 Å². The van der Waals surface area contributed by atoms with Crippen LogP contribution in [-0.2, 0) is 13.0 Å². The number of hydrogen-bond acceptors (Lipinski definition) is 4. The van der Waals surface area contributed by atoms with Crippen LogP contribution >= 0.6 is 11.6 Å². The molecule has 1 atom stereocenters. The highest BCUT2D eigenvalue weighted by Gasteiger charge is 2.22. The topological polar surface area (TPSA) is 72.3 Å². The van der Waals surface area contributed by atoms with E-state index in [9.17, 15) is 0 Å². The van der Waals surface area contributed by atoms with Gasteiger partial charge in [0.1, 0.15) is 11.4 Å². The first-order chi connectivity index (χ1) is 14.2. The largest absolute Gasteiger partial charge is 0.336 e. The maximum Gasteiger partial charge on any atom is 0.115 e. The van der Waals surface area contributed by atoms with Gasteiger partial charge in [-0.15, -0.1) is 0 Å². The van der Waals surface area contributed by atoms with Crippen molar-refractivity contribution in [1.29, 1.82) is 0 Å². The lowest BCUT2D eigenvalue weighted by Gasteiger charge is -2.26. The van der Waals surface area contributed by atoms with E-state index < -0.39 is 0 Å². The molecule has 4 aromatic rings. The lowest BCUT2D eigenvalue weighted by Crippen LogP contribution is -2.15. The molecule has 0 aliphatic heterocycles. The Kier molecular flexibility index (Phi) is 4.64. The van der Waals surface area contributed by atoms with Crippen molar-refractivity contribution < 1.29 is 0 Å². The Morgan fingerprint density at radius 3 is 2.97 bits per heavy atom. The highest BCUT2D eigenvalue weighted by Crippen LogP contribution is 2.36. The molecule has 0 unspecified atom stereocenters. The van der Waals surface area contributed by atoms with Crippen molar-refractivity contribution in [3.05, 3.63) is 70.9 Å². The molecule has 0 saturated heterocycles. The van der Waals surface area contributed by atoms with E-state index >= 15 is 0 Å². The molecule has 1 aliphatic rings. The lowest BCUT2D eigenvalue weighted by atomic mass is 9.83. The van der Waals surface area contributed by atoms with Crippen molar-refractivity contribution in [2.45, 2.75) is 38.6 Å². The number of benzene rings is 1. The first-order valence-corrected chi connectivity index (χ1v) is 10.2. The van der Waals surface area contributed by atoms with Crippen LogP contribution in [0.5, 0.6) is 0 Å². The minimum Gasteiger partial charge on any atom is -0.336 e. The average Bonchev–Trinajstić information content (AvgIpc) is 3.38. The number of nitrogens with one attached hydrogen (secondary N) is 1. The molecule has 0 spiro atoms. The van der Waals surface area contributed by atoms with Crippen LogP contribution in [0.25, 0.3) is 22.6 Å². The summed E-state index contributed by atoms with van der Waals surface area (Å²) in [7, 11) is 0. The molecule has 0 radical (unpaired) electrons. The summed E-state index contributed by atoms with van der Waals surface area (Å²) >= 11 is 6.42. The first-order valence-electron chi connectivity index (χ1n) is 9.82. The molecular formula is C22H21ClN6. The maximum absolute atomic E-state index is 6.42. The van der Waals surface area contributed by atoms with Crippen LogP contribution in [0.15, 0.2) is 49.1 Å². The molecule has 29 heavy (non-hydrogen) atoms. The van der Waals surface area contributed by atoms with Gasteiger partial charge in [0.05, 0.1) is 17.7 Å². The Labute approximate surface area is 174 Å². The van der Waals surface area contributed by atoms with Gasteiger partial charge in [0.25, 0.3) is 0 Å². The van der Waals surface area contributed by atoms with Crippen LogP contribution in [0, 0.1) is 6.92 Å². The van der Waals surface area contributed by atoms with Crippen LogP contribution in [0.1, 0.15) is 35.6 Å². The van der Waals surface area contributed by atoms with E-state index in [1.165, 1.54) is 24.0 Å². The fourth-order valence-corrected chi connectivity index (χ4v) is 4.49. The van der Waals surface area contributed by atoms with Crippen LogP contribution < -0.4 is 0 Å². The third kappa shape index (κ3) is 3.44. The number of hydrogen-bond donors (Lipinski definition) is 1. The molecule has 6 nitrogen and oxygen atoms in total. The van der Waals surface area contributed by atoms with Gasteiger partial charge in [-0.1, -0.05) is 23.7 Å². The quantitative estimate of drug-likeness (QED) is 0.529. The van der Waals surface area contributed by atoms with E-state index in [0.717, 1.165) is 46.3 Å². The van der Waals surface area contributed by atoms with Gasteiger partial charge in [-0.2, -0.15) is 15.4 Å². The highest BCUT2D eigenvalue weighted by molar-refractivity contribution is 6.31. The predicted octanol–water partition coefficient (Wildman–Crippen LogP) is 4.81. The SMILES string of the molecule is Cc1n[nH]nc1-c1ccnc(-c2cn(C[C@H]3CCCc4c(Cl)cccc43)cn2)c1. The molecule has 7 heteroatoms. The number of aromatic nitrogens is 6. The number of nitrogens with zero attached hydrogens (tertiary/aromatic N) is 5. The number of H-pyrrole nitrogens is 1. The minimum atomic E-state index is 0.455. The fraction of sp³-hybridized carbons (Fsp3) is 0.273. The first kappa shape index (κ1) is 18.1. The number of aryl methyl sites for hydroxylation is 1. The zero-order valence-electron chi connectivity index (χ0n) is 16.1. The molecule has 0 amide bonds. The molecule has 0 fully saturated rings. The Bertz CT molecular complexity index is 1160. The number of imidazole rings is 1. The molecule has 1 aromatic carbocycles. The van der Waals surface area contributed by atoms with Crippen LogP contribution in [0.4, 0.5) is 0 Å². The molecule has 146 valence electrons. The number of pyridine rings is 1. The lowest BCUT2D eigenvalue weighted by molar-refractivity contribution is 0.483. The fourth-order valence-electron chi connectivity index (χ4n) is 4.21. The number of fused-ring (bicyclic) bond motifs is 1. The van der Waals surface area contributed by atoms with Gasteiger partial charge in [0, 0.05) is 35.4 Å². The summed E-state index contributed by atoms with van der Waals surface area (Å²) in [6.07, 6.45) is 9.16. The van der Waals surface area contributed by atoms with Gasteiger partial charge >= 0.3 is 0 Å². The van der Waals surface area contributed by atoms with Gasteiger partial charge < -0.3 is 4.57 Å². The Morgan fingerprint density at radius 1 is 1.17 bits per heavy atom. The zero-order chi connectivity index (χ0) is 19.8. The van der Waals surface area contributed by atoms with E-state index in [0.29, 0.717) is 5.92 Å². The van der Waals surface area contributed by atoms with Gasteiger partial charge in [-0.3, -0.25) is 4.98 Å². The van der Waals surface area contributed by atoms with Crippen molar-refractivity contribution in [3.8, 4) is 22.6 Å². The molecule has 3 heterocycles. The summed E-state index contributed by atoms with van der Waals surface area (Å²) in [5, 5.41) is 11.9. The maximum atomic E-state index is 6.42. The third-order valence-corrected chi connectivity index (χ3v) is 6.01. The Hall–Kier alpha value is -2.99. The molecule has 3 aromatic heterocycles. The summed E-state index contributed by atoms with van der Waals surface area (Å²) in [5.74, 6) is 0.455. The zero-order valence-corrected chi connectivity index (χ0v) is 16.9. The standard InChI is InChI=1S/C22H21ClN6/c1-14-22(27-28-26-14)15-8-9-24-20(10-15)21-12-29(13-25-21)11-16-4-2-6-18-17(16)5-3-7-19(18)23/h3,5,7-10,12-13,16H,2,4,6,11H2,1H3,(H,26,27,28)/t16-/m1/s1. The molecule has 1 N–H and O–H groups in total. The predicted molar refractivity (Wildman–Crippen MR) is 113 cm³/mol. The molecular weight excluding hydrogens is 384 g/mol. The summed E-state index contributed by atoms with van der Waals surface area (Å²) in [4.78, 5) is 9.11. The Morgan fingerprint density at radius 2 is 2.10 bits per heavy atom. The van der Waals surface area contributed by atoms with Gasteiger partial charge in [0.15, 0.2) is 0 Å². The van der Waals surface area contributed by atoms with Crippen molar-refractivity contribution in [2.75, 3.05) is 0 Å². The van der Waals surface area contributed by atoms with E-state index in [1.807, 2.05) is 31.5 Å². The molecule has 5 rings (SSSR count). The average molecular weight is 405 g/mol. The normalized spacial score (nSPS) is 16.0. The van der Waals surface area contributed by atoms with Crippen molar-refractivity contribution in [2.24, 2.45) is 0 Å². The summed E-state index contributed by atoms with van der Waals surface area (Å²) in [5.41, 5.74) is 7.05. The third-order valence-electron chi connectivity index (χ3n) is 5.66. The van der Waals surface area contributed by atoms with Crippen molar-refractivity contribution in [1.82, 2.24) is 29.9 Å². The highest BCUT2D eigenvalue weighted by atomic mass is 35.5. The number of rotatable bonds is 4. The number of halogens is 1. The van der Waals surface area contributed by atoms with E-state index in [4.69, 9.17) is 11.6 Å². The van der Waals surface area contributed by atoms with E-state index in [1.54, 1.807) is 6.20 Å². The van der Waals surface area contributed by atoms with Gasteiger partial charge in [-0.05, 0) is 55.5 Å². The second-order valence-electron chi connectivity index (χ2n) is 7.54. The van der Waals surface area contributed by atoms with Crippen molar-refractivity contribution in [3.63, 3.8) is 0 Å². The second kappa shape index (κ2) is 7.44. The summed E-state index contributed by atoms with van der Waals surface area (Å²) in [6, 6.07) is 10.2. The summed E-state index contributed by atoms with van der Waals surface area (Å²) in [6.45, 7) is 2.82. The van der Waals surface area contributed by atoms with Crippen LogP contribution in [-0.4, -0.2) is 29.9 Å². The van der Waals surface area contributed by atoms with E-state index in [-0.39, 0.29) is 0 Å². The Balaban J connectivity index is 1.40. The van der Waals surface area contributed by atoms with Crippen LogP contribution in [0.3, 0.4) is 0 Å². The summed E-state index contributed by atoms with van der Waals surface area (Å²) < 4.78 is 2.16. The smallest absolute Gasteiger partial charge is 0.115 e. The minimum absolute atomic E-state index is 0.455. The molecule has 1 aliphatic carbocycles.